The molecule has 0 saturated heterocycles. The molecule has 0 aliphatic carbocycles. The fourth-order valence-corrected chi connectivity index (χ4v) is 2.88. The van der Waals surface area contributed by atoms with Crippen LogP contribution in [0.1, 0.15) is 27.2 Å². The predicted octanol–water partition coefficient (Wildman–Crippen LogP) is 4.08. The first-order valence-electron chi connectivity index (χ1n) is 6.96. The number of aliphatic imine (C=N–C) groups is 2. The minimum atomic E-state index is 0.0192. The lowest BCUT2D eigenvalue weighted by Crippen LogP contribution is -2.01. The van der Waals surface area contributed by atoms with Gasteiger partial charge in [-0.3, -0.25) is 9.79 Å². The Labute approximate surface area is 136 Å². The van der Waals surface area contributed by atoms with E-state index in [4.69, 9.17) is 4.74 Å². The number of rotatable bonds is 5. The Kier molecular flexibility index (Phi) is 7.05. The summed E-state index contributed by atoms with van der Waals surface area (Å²) in [5, 5.41) is 0.782. The van der Waals surface area contributed by atoms with E-state index in [1.54, 1.807) is 14.2 Å². The number of hydrogen-bond donors (Lipinski definition) is 0. The summed E-state index contributed by atoms with van der Waals surface area (Å²) in [6, 6.07) is 0. The number of ether oxygens (including phenoxy) is 1. The molecule has 4 nitrogen and oxygen atoms in total. The third-order valence-electron chi connectivity index (χ3n) is 3.13. The van der Waals surface area contributed by atoms with Crippen LogP contribution >= 0.6 is 11.8 Å². The van der Waals surface area contributed by atoms with Gasteiger partial charge < -0.3 is 4.74 Å². The van der Waals surface area contributed by atoms with E-state index in [-0.39, 0.29) is 5.12 Å². The van der Waals surface area contributed by atoms with Gasteiger partial charge in [-0.2, -0.15) is 0 Å². The second-order valence-corrected chi connectivity index (χ2v) is 5.81. The summed E-state index contributed by atoms with van der Waals surface area (Å²) >= 11 is 1.15. The SMILES string of the molecule is C=C(OC)C1=C(C(=C\C)/C(/C=N\C)=C/C)CC(SC(C)=O)=N1. The molecule has 0 bridgehead atoms. The van der Waals surface area contributed by atoms with Crippen LogP contribution in [-0.2, 0) is 9.53 Å². The molecular weight excluding hydrogens is 296 g/mol. The molecule has 1 aliphatic rings. The van der Waals surface area contributed by atoms with Crippen molar-refractivity contribution in [3.8, 4) is 0 Å². The molecule has 0 unspecified atom stereocenters. The molecule has 5 heteroatoms. The van der Waals surface area contributed by atoms with Gasteiger partial charge in [0, 0.05) is 26.6 Å². The maximum atomic E-state index is 11.3. The summed E-state index contributed by atoms with van der Waals surface area (Å²) < 4.78 is 5.25. The smallest absolute Gasteiger partial charge is 0.191 e. The van der Waals surface area contributed by atoms with Gasteiger partial charge in [0.2, 0.25) is 0 Å². The largest absolute Gasteiger partial charge is 0.495 e. The van der Waals surface area contributed by atoms with Crippen LogP contribution in [0.4, 0.5) is 0 Å². The third-order valence-corrected chi connectivity index (χ3v) is 3.89. The van der Waals surface area contributed by atoms with Crippen LogP contribution in [0.2, 0.25) is 0 Å². The van der Waals surface area contributed by atoms with Crippen LogP contribution in [0.15, 0.2) is 56.9 Å². The highest BCUT2D eigenvalue weighted by atomic mass is 32.2. The minimum absolute atomic E-state index is 0.0192. The maximum absolute atomic E-state index is 11.3. The summed E-state index contributed by atoms with van der Waals surface area (Å²) in [6.45, 7) is 9.38. The van der Waals surface area contributed by atoms with E-state index in [0.29, 0.717) is 17.9 Å². The van der Waals surface area contributed by atoms with E-state index >= 15 is 0 Å². The molecule has 118 valence electrons. The zero-order chi connectivity index (χ0) is 16.7. The number of carbonyl (C=O) groups is 1. The molecule has 0 aromatic carbocycles. The van der Waals surface area contributed by atoms with E-state index in [2.05, 4.69) is 16.6 Å². The van der Waals surface area contributed by atoms with Crippen LogP contribution < -0.4 is 0 Å². The van der Waals surface area contributed by atoms with Crippen molar-refractivity contribution in [3.05, 3.63) is 46.9 Å². The Morgan fingerprint density at radius 3 is 2.55 bits per heavy atom. The van der Waals surface area contributed by atoms with Crippen molar-refractivity contribution in [2.45, 2.75) is 27.2 Å². The Hall–Kier alpha value is -1.88. The molecule has 0 atom stereocenters. The van der Waals surface area contributed by atoms with Gasteiger partial charge in [-0.1, -0.05) is 18.7 Å². The lowest BCUT2D eigenvalue weighted by Gasteiger charge is -2.12. The molecule has 0 fully saturated rings. The van der Waals surface area contributed by atoms with E-state index in [1.807, 2.05) is 32.2 Å². The van der Waals surface area contributed by atoms with Crippen LogP contribution in [0.25, 0.3) is 0 Å². The molecule has 0 spiro atoms. The van der Waals surface area contributed by atoms with Gasteiger partial charge in [-0.15, -0.1) is 0 Å². The highest BCUT2D eigenvalue weighted by Gasteiger charge is 2.25. The summed E-state index contributed by atoms with van der Waals surface area (Å²) in [6.07, 6.45) is 6.42. The standard InChI is InChI=1S/C17H22N2O2S/c1-7-13(10-18-5)14(8-2)15-9-16(22-12(4)20)19-17(15)11(3)21-6/h7-8,10H,3,9H2,1-2,4-6H3/b13-7+,14-8-,18-10-. The number of carbonyl (C=O) groups excluding carboxylic acids is 1. The maximum Gasteiger partial charge on any atom is 0.191 e. The average molecular weight is 318 g/mol. The monoisotopic (exact) mass is 318 g/mol. The van der Waals surface area contributed by atoms with Gasteiger partial charge in [0.1, 0.15) is 11.5 Å². The molecule has 0 saturated carbocycles. The van der Waals surface area contributed by atoms with Crippen molar-refractivity contribution in [1.29, 1.82) is 0 Å². The number of allylic oxidation sites excluding steroid dienone is 5. The Morgan fingerprint density at radius 1 is 1.41 bits per heavy atom. The van der Waals surface area contributed by atoms with Gasteiger partial charge in [0.15, 0.2) is 5.12 Å². The number of hydrogen-bond acceptors (Lipinski definition) is 5. The molecule has 0 aromatic heterocycles. The summed E-state index contributed by atoms with van der Waals surface area (Å²) in [5.74, 6) is 0.498. The van der Waals surface area contributed by atoms with Crippen molar-refractivity contribution in [1.82, 2.24) is 0 Å². The average Bonchev–Trinajstić information content (AvgIpc) is 2.89. The third kappa shape index (κ3) is 4.31. The van der Waals surface area contributed by atoms with E-state index in [0.717, 1.165) is 33.5 Å². The quantitative estimate of drug-likeness (QED) is 0.436. The number of nitrogens with zero attached hydrogens (tertiary/aromatic N) is 2. The number of thioether (sulfide) groups is 1. The topological polar surface area (TPSA) is 51.0 Å². The van der Waals surface area contributed by atoms with E-state index < -0.39 is 0 Å². The normalized spacial score (nSPS) is 16.3. The first-order valence-corrected chi connectivity index (χ1v) is 7.78. The molecule has 1 rings (SSSR count). The zero-order valence-electron chi connectivity index (χ0n) is 13.8. The minimum Gasteiger partial charge on any atom is -0.495 e. The Bertz CT molecular complexity index is 623. The molecule has 0 radical (unpaired) electrons. The van der Waals surface area contributed by atoms with Crippen molar-refractivity contribution in [2.75, 3.05) is 14.2 Å². The lowest BCUT2D eigenvalue weighted by molar-refractivity contribution is -0.109. The van der Waals surface area contributed by atoms with Gasteiger partial charge in [-0.25, -0.2) is 4.99 Å². The second-order valence-electron chi connectivity index (χ2n) is 4.56. The highest BCUT2D eigenvalue weighted by Crippen LogP contribution is 2.36. The van der Waals surface area contributed by atoms with Crippen LogP contribution in [0, 0.1) is 0 Å². The van der Waals surface area contributed by atoms with Gasteiger partial charge >= 0.3 is 0 Å². The van der Waals surface area contributed by atoms with Gasteiger partial charge in [-0.05, 0) is 42.3 Å². The first kappa shape index (κ1) is 18.2. The molecule has 0 N–H and O–H groups in total. The Balaban J connectivity index is 3.29. The summed E-state index contributed by atoms with van der Waals surface area (Å²) in [7, 11) is 3.31. The van der Waals surface area contributed by atoms with Gasteiger partial charge in [0.25, 0.3) is 0 Å². The molecule has 22 heavy (non-hydrogen) atoms. The van der Waals surface area contributed by atoms with Crippen LogP contribution in [0.5, 0.6) is 0 Å². The predicted molar refractivity (Wildman–Crippen MR) is 95.4 cm³/mol. The Morgan fingerprint density at radius 2 is 2.09 bits per heavy atom. The number of methoxy groups -OCH3 is 1. The van der Waals surface area contributed by atoms with E-state index in [9.17, 15) is 4.79 Å². The lowest BCUT2D eigenvalue weighted by atomic mass is 9.95. The molecule has 0 aromatic rings. The van der Waals surface area contributed by atoms with Crippen molar-refractivity contribution < 1.29 is 9.53 Å². The van der Waals surface area contributed by atoms with Gasteiger partial charge in [0.05, 0.1) is 12.2 Å². The summed E-state index contributed by atoms with van der Waals surface area (Å²) in [5.41, 5.74) is 3.74. The van der Waals surface area contributed by atoms with Crippen LogP contribution in [0.3, 0.4) is 0 Å². The van der Waals surface area contributed by atoms with E-state index in [1.165, 1.54) is 6.92 Å². The van der Waals surface area contributed by atoms with Crippen LogP contribution in [-0.4, -0.2) is 30.5 Å². The molecule has 0 amide bonds. The fourth-order valence-electron chi connectivity index (χ4n) is 2.20. The molecule has 1 aliphatic heterocycles. The van der Waals surface area contributed by atoms with Crippen molar-refractivity contribution in [3.63, 3.8) is 0 Å². The highest BCUT2D eigenvalue weighted by molar-refractivity contribution is 8.26. The van der Waals surface area contributed by atoms with Crippen molar-refractivity contribution >= 4 is 28.1 Å². The summed E-state index contributed by atoms with van der Waals surface area (Å²) in [4.78, 5) is 20.0. The zero-order valence-corrected chi connectivity index (χ0v) is 14.6. The molecule has 1 heterocycles. The molecular formula is C17H22N2O2S. The van der Waals surface area contributed by atoms with Crippen molar-refractivity contribution in [2.24, 2.45) is 9.98 Å². The first-order chi connectivity index (χ1) is 10.5. The second kappa shape index (κ2) is 8.54. The fraction of sp³-hybridized carbons (Fsp3) is 0.353.